The number of hydrogen-bond acceptors (Lipinski definition) is 6. The van der Waals surface area contributed by atoms with Crippen molar-refractivity contribution in [3.63, 3.8) is 0 Å². The molecular weight excluding hydrogens is 232 g/mol. The van der Waals surface area contributed by atoms with E-state index in [0.717, 1.165) is 23.4 Å². The number of nitrogens with one attached hydrogen (secondary N) is 3. The molecule has 0 aliphatic rings. The minimum atomic E-state index is 0.407. The van der Waals surface area contributed by atoms with Crippen LogP contribution in [-0.4, -0.2) is 47.5 Å². The lowest BCUT2D eigenvalue weighted by atomic mass is 10.2. The maximum absolute atomic E-state index is 5.11. The Bertz CT molecular complexity index is 511. The Balaban J connectivity index is 2.18. The Labute approximate surface area is 105 Å². The summed E-state index contributed by atoms with van der Waals surface area (Å²) in [5, 5.41) is 13.9. The molecule has 3 N–H and O–H groups in total. The summed E-state index contributed by atoms with van der Waals surface area (Å²) in [6.07, 6.45) is 1.72. The van der Waals surface area contributed by atoms with Crippen molar-refractivity contribution in [2.24, 2.45) is 5.92 Å². The van der Waals surface area contributed by atoms with Gasteiger partial charge in [0.25, 0.3) is 0 Å². The molecule has 2 heterocycles. The number of H-pyrrole nitrogens is 1. The summed E-state index contributed by atoms with van der Waals surface area (Å²) >= 11 is 0. The molecule has 2 rings (SSSR count). The quantitative estimate of drug-likeness (QED) is 0.711. The molecule has 2 aromatic rings. The number of anilines is 2. The zero-order chi connectivity index (χ0) is 13.0. The molecule has 0 saturated heterocycles. The van der Waals surface area contributed by atoms with Gasteiger partial charge in [0.2, 0.25) is 5.95 Å². The largest absolute Gasteiger partial charge is 0.384 e. The lowest BCUT2D eigenvalue weighted by molar-refractivity contribution is 0.164. The van der Waals surface area contributed by atoms with Crippen LogP contribution in [0.5, 0.6) is 0 Å². The van der Waals surface area contributed by atoms with E-state index >= 15 is 0 Å². The predicted octanol–water partition coefficient (Wildman–Crippen LogP) is 1.09. The molecule has 0 aromatic carbocycles. The number of aromatic nitrogens is 4. The minimum absolute atomic E-state index is 0.407. The Morgan fingerprint density at radius 3 is 3.00 bits per heavy atom. The fourth-order valence-corrected chi connectivity index (χ4v) is 1.70. The van der Waals surface area contributed by atoms with Gasteiger partial charge in [-0.05, 0) is 5.92 Å². The highest BCUT2D eigenvalue weighted by Crippen LogP contribution is 2.19. The number of fused-ring (bicyclic) bond motifs is 1. The van der Waals surface area contributed by atoms with Crippen molar-refractivity contribution < 1.29 is 4.74 Å². The highest BCUT2D eigenvalue weighted by atomic mass is 16.5. The monoisotopic (exact) mass is 250 g/mol. The lowest BCUT2D eigenvalue weighted by Crippen LogP contribution is -2.17. The van der Waals surface area contributed by atoms with Crippen LogP contribution in [0.4, 0.5) is 11.8 Å². The summed E-state index contributed by atoms with van der Waals surface area (Å²) in [7, 11) is 3.49. The predicted molar refractivity (Wildman–Crippen MR) is 70.8 cm³/mol. The van der Waals surface area contributed by atoms with Crippen molar-refractivity contribution in [1.29, 1.82) is 0 Å². The van der Waals surface area contributed by atoms with Crippen molar-refractivity contribution in [1.82, 2.24) is 20.2 Å². The van der Waals surface area contributed by atoms with Gasteiger partial charge in [0.15, 0.2) is 5.65 Å². The fourth-order valence-electron chi connectivity index (χ4n) is 1.70. The molecule has 1 unspecified atom stereocenters. The fraction of sp³-hybridized carbons (Fsp3) is 0.545. The average molecular weight is 250 g/mol. The van der Waals surface area contributed by atoms with Gasteiger partial charge in [-0.2, -0.15) is 15.1 Å². The van der Waals surface area contributed by atoms with Gasteiger partial charge in [0, 0.05) is 20.7 Å². The number of methoxy groups -OCH3 is 1. The van der Waals surface area contributed by atoms with Gasteiger partial charge >= 0.3 is 0 Å². The molecule has 0 aliphatic carbocycles. The van der Waals surface area contributed by atoms with Crippen molar-refractivity contribution in [3.05, 3.63) is 6.20 Å². The van der Waals surface area contributed by atoms with Gasteiger partial charge < -0.3 is 15.4 Å². The van der Waals surface area contributed by atoms with E-state index < -0.39 is 0 Å². The minimum Gasteiger partial charge on any atom is -0.384 e. The molecule has 7 heteroatoms. The first-order valence-electron chi connectivity index (χ1n) is 5.86. The maximum atomic E-state index is 5.11. The third kappa shape index (κ3) is 2.67. The van der Waals surface area contributed by atoms with Crippen molar-refractivity contribution in [2.75, 3.05) is 37.9 Å². The molecule has 0 aliphatic heterocycles. The molecular formula is C11H18N6O. The van der Waals surface area contributed by atoms with Crippen LogP contribution in [0.15, 0.2) is 6.20 Å². The van der Waals surface area contributed by atoms with E-state index in [9.17, 15) is 0 Å². The Kier molecular flexibility index (Phi) is 3.93. The van der Waals surface area contributed by atoms with E-state index in [-0.39, 0.29) is 0 Å². The lowest BCUT2D eigenvalue weighted by Gasteiger charge is -2.12. The van der Waals surface area contributed by atoms with Crippen LogP contribution in [0.2, 0.25) is 0 Å². The van der Waals surface area contributed by atoms with Gasteiger partial charge in [0.1, 0.15) is 5.82 Å². The number of aromatic amines is 1. The van der Waals surface area contributed by atoms with Crippen molar-refractivity contribution >= 4 is 22.8 Å². The van der Waals surface area contributed by atoms with Gasteiger partial charge in [-0.1, -0.05) is 6.92 Å². The van der Waals surface area contributed by atoms with Crippen LogP contribution in [0.1, 0.15) is 6.92 Å². The molecule has 7 nitrogen and oxygen atoms in total. The molecule has 1 atom stereocenters. The second-order valence-electron chi connectivity index (χ2n) is 4.22. The molecule has 2 aromatic heterocycles. The van der Waals surface area contributed by atoms with Crippen LogP contribution >= 0.6 is 0 Å². The third-order valence-electron chi connectivity index (χ3n) is 2.60. The second-order valence-corrected chi connectivity index (χ2v) is 4.22. The Hall–Kier alpha value is -1.89. The van der Waals surface area contributed by atoms with E-state index in [1.807, 2.05) is 0 Å². The summed E-state index contributed by atoms with van der Waals surface area (Å²) < 4.78 is 5.11. The SMILES string of the molecule is CNc1nc(NCC(C)COC)c2cn[nH]c2n1. The molecule has 98 valence electrons. The number of hydrogen-bond donors (Lipinski definition) is 3. The first kappa shape index (κ1) is 12.6. The van der Waals surface area contributed by atoms with Crippen LogP contribution in [0.25, 0.3) is 11.0 Å². The van der Waals surface area contributed by atoms with E-state index in [0.29, 0.717) is 18.5 Å². The van der Waals surface area contributed by atoms with Crippen LogP contribution in [-0.2, 0) is 4.74 Å². The Morgan fingerprint density at radius 1 is 1.44 bits per heavy atom. The van der Waals surface area contributed by atoms with Crippen LogP contribution in [0, 0.1) is 5.92 Å². The molecule has 18 heavy (non-hydrogen) atoms. The highest BCUT2D eigenvalue weighted by Gasteiger charge is 2.09. The first-order chi connectivity index (χ1) is 8.74. The summed E-state index contributed by atoms with van der Waals surface area (Å²) in [5.74, 6) is 1.75. The summed E-state index contributed by atoms with van der Waals surface area (Å²) in [6.45, 7) is 3.61. The van der Waals surface area contributed by atoms with E-state index in [1.165, 1.54) is 0 Å². The summed E-state index contributed by atoms with van der Waals surface area (Å²) in [5.41, 5.74) is 0.719. The topological polar surface area (TPSA) is 87.8 Å². The third-order valence-corrected chi connectivity index (χ3v) is 2.60. The normalized spacial score (nSPS) is 12.6. The number of nitrogens with zero attached hydrogens (tertiary/aromatic N) is 3. The van der Waals surface area contributed by atoms with Crippen LogP contribution in [0.3, 0.4) is 0 Å². The standard InChI is InChI=1S/C11H18N6O/c1-7(6-18-3)4-13-9-8-5-14-17-10(8)16-11(12-2)15-9/h5,7H,4,6H2,1-3H3,(H3,12,13,14,15,16,17). The van der Waals surface area contributed by atoms with Gasteiger partial charge in [0.05, 0.1) is 18.2 Å². The van der Waals surface area contributed by atoms with Gasteiger partial charge in [-0.15, -0.1) is 0 Å². The van der Waals surface area contributed by atoms with Crippen molar-refractivity contribution in [2.45, 2.75) is 6.92 Å². The molecule has 0 fully saturated rings. The number of rotatable bonds is 6. The smallest absolute Gasteiger partial charge is 0.226 e. The van der Waals surface area contributed by atoms with E-state index in [2.05, 4.69) is 37.7 Å². The average Bonchev–Trinajstić information content (AvgIpc) is 2.84. The van der Waals surface area contributed by atoms with E-state index in [4.69, 9.17) is 4.74 Å². The van der Waals surface area contributed by atoms with Crippen LogP contribution < -0.4 is 10.6 Å². The molecule has 0 spiro atoms. The summed E-state index contributed by atoms with van der Waals surface area (Å²) in [6, 6.07) is 0. The zero-order valence-electron chi connectivity index (χ0n) is 10.8. The second kappa shape index (κ2) is 5.63. The highest BCUT2D eigenvalue weighted by molar-refractivity contribution is 5.86. The molecule has 0 radical (unpaired) electrons. The zero-order valence-corrected chi connectivity index (χ0v) is 10.8. The van der Waals surface area contributed by atoms with Gasteiger partial charge in [-0.3, -0.25) is 5.10 Å². The molecule has 0 bridgehead atoms. The molecule has 0 saturated carbocycles. The van der Waals surface area contributed by atoms with E-state index in [1.54, 1.807) is 20.4 Å². The summed E-state index contributed by atoms with van der Waals surface area (Å²) in [4.78, 5) is 8.66. The number of ether oxygens (including phenoxy) is 1. The Morgan fingerprint density at radius 2 is 2.28 bits per heavy atom. The van der Waals surface area contributed by atoms with Gasteiger partial charge in [-0.25, -0.2) is 0 Å². The maximum Gasteiger partial charge on any atom is 0.226 e. The van der Waals surface area contributed by atoms with Crippen molar-refractivity contribution in [3.8, 4) is 0 Å². The first-order valence-corrected chi connectivity index (χ1v) is 5.86. The molecule has 0 amide bonds.